The number of ether oxygens (including phenoxy) is 2. The molecule has 510 valence electrons. The van der Waals surface area contributed by atoms with Crippen molar-refractivity contribution in [2.45, 2.75) is 59.8 Å². The highest BCUT2D eigenvalue weighted by Gasteiger charge is 2.32. The normalized spacial score (nSPS) is 15.1. The highest BCUT2D eigenvalue weighted by molar-refractivity contribution is 7.17. The van der Waals surface area contributed by atoms with Crippen LogP contribution in [0.15, 0.2) is 110 Å². The Hall–Kier alpha value is -9.97. The Labute approximate surface area is 575 Å². The van der Waals surface area contributed by atoms with Crippen LogP contribution in [0, 0.1) is 46.1 Å². The van der Waals surface area contributed by atoms with Crippen molar-refractivity contribution >= 4 is 79.6 Å². The van der Waals surface area contributed by atoms with Gasteiger partial charge in [0.05, 0.1) is 52.3 Å². The number of benzene rings is 2. The van der Waals surface area contributed by atoms with Gasteiger partial charge in [-0.05, 0) is 111 Å². The summed E-state index contributed by atoms with van der Waals surface area (Å²) in [6.07, 6.45) is 15.4. The fourth-order valence-corrected chi connectivity index (χ4v) is 13.7. The summed E-state index contributed by atoms with van der Waals surface area (Å²) in [5.41, 5.74) is 9.26. The summed E-state index contributed by atoms with van der Waals surface area (Å²) in [6, 6.07) is 24.4. The molecular formula is C70H77F3N18O5S2. The SMILES string of the molecule is C.C1COCCN1.CCc1nc2ccc(-c3cnc(N4CCC(C(=O)N5CCOCC5)CC4)nc3)cn2c1N(C)c1nc(-c2ccc(F)cc2)c(C#N)s1.CCc1nc2ccc(-c3cnc(N4CCC(C(=O)O)CC4)nc3)cn2c1N(C)c1nc(-c2ccc(F)cc2)c(C#N)s1.[2H]CF. The van der Waals surface area contributed by atoms with Gasteiger partial charge in [-0.3, -0.25) is 22.8 Å². The van der Waals surface area contributed by atoms with Crippen molar-refractivity contribution in [2.75, 3.05) is 120 Å². The molecule has 0 bridgehead atoms. The molecule has 4 fully saturated rings. The van der Waals surface area contributed by atoms with Crippen molar-refractivity contribution in [1.29, 1.82) is 10.5 Å². The van der Waals surface area contributed by atoms with Gasteiger partial charge < -0.3 is 44.4 Å². The van der Waals surface area contributed by atoms with Crippen LogP contribution in [0.4, 0.5) is 47.0 Å². The molecule has 2 N–H and O–H groups in total. The second-order valence-corrected chi connectivity index (χ2v) is 25.1. The number of carbonyl (C=O) groups is 2. The fraction of sp³-hybridized carbons (Fsp3) is 0.371. The number of hydrogen-bond donors (Lipinski definition) is 2. The number of thiazole rings is 2. The molecule has 0 unspecified atom stereocenters. The van der Waals surface area contributed by atoms with Crippen molar-refractivity contribution in [3.05, 3.63) is 143 Å². The standard InChI is InChI=1S/C34H34FN9O2S.C30H27FN8O2S.C4H9NO.CH3F.CH4/c1-3-27-31(41(2)34-40-30(28(18-36)47-34)22-4-7-26(35)8-5-22)44-21-24(6-9-29(44)39-27)25-19-37-33(38-20-25)43-12-10-23(11-13-43)32(45)42-14-16-46-17-15-42;1-3-23-27(37(2)30-36-26(24(14-32)42-30)18-4-7-22(31)8-5-18)39-17-20(6-9-25(39)35-23)21-15-33-29(34-16-21)38-12-10-19(11-13-38)28(40)41;1-3-6-4-2-5-1;1-2;/h4-9,19-21,23H,3,10-17H2,1-2H3;4-9,15-17,19H,3,10-13H2,1-2H3,(H,40,41);5H,1-4H2;1H3;1H4/i;;;1D;. The van der Waals surface area contributed by atoms with Crippen molar-refractivity contribution in [1.82, 2.24) is 58.9 Å². The molecule has 98 heavy (non-hydrogen) atoms. The number of anilines is 6. The summed E-state index contributed by atoms with van der Waals surface area (Å²) in [7, 11) is 2.81. The Morgan fingerprint density at radius 1 is 0.602 bits per heavy atom. The third kappa shape index (κ3) is 15.9. The second-order valence-electron chi connectivity index (χ2n) is 23.2. The molecule has 0 atom stereocenters. The monoisotopic (exact) mass is 1370 g/mol. The maximum atomic E-state index is 13.6. The van der Waals surface area contributed by atoms with E-state index in [2.05, 4.69) is 39.2 Å². The lowest BCUT2D eigenvalue weighted by atomic mass is 9.95. The Morgan fingerprint density at radius 3 is 1.35 bits per heavy atom. The van der Waals surface area contributed by atoms with E-state index in [0.29, 0.717) is 120 Å². The van der Waals surface area contributed by atoms with Gasteiger partial charge in [-0.2, -0.15) is 10.5 Å². The highest BCUT2D eigenvalue weighted by Crippen LogP contribution is 2.40. The second kappa shape index (κ2) is 32.8. The molecule has 14 rings (SSSR count). The average molecular weight is 1370 g/mol. The minimum Gasteiger partial charge on any atom is -0.481 e. The Balaban J connectivity index is 0.000000189. The third-order valence-corrected chi connectivity index (χ3v) is 19.3. The van der Waals surface area contributed by atoms with Gasteiger partial charge in [-0.15, -0.1) is 0 Å². The Kier molecular flexibility index (Phi) is 23.3. The number of piperidine rings is 2. The number of rotatable bonds is 14. The molecule has 8 aromatic heterocycles. The van der Waals surface area contributed by atoms with E-state index in [1.54, 1.807) is 36.7 Å². The number of alkyl halides is 1. The first kappa shape index (κ1) is 69.4. The quantitative estimate of drug-likeness (QED) is 0.102. The van der Waals surface area contributed by atoms with Crippen LogP contribution in [0.3, 0.4) is 0 Å². The molecule has 23 nitrogen and oxygen atoms in total. The van der Waals surface area contributed by atoms with Gasteiger partial charge in [0.2, 0.25) is 17.8 Å². The van der Waals surface area contributed by atoms with Crippen molar-refractivity contribution in [2.24, 2.45) is 11.8 Å². The lowest BCUT2D eigenvalue weighted by Gasteiger charge is -2.35. The largest absolute Gasteiger partial charge is 0.481 e. The summed E-state index contributed by atoms with van der Waals surface area (Å²) in [6.45, 7) is 13.2. The smallest absolute Gasteiger partial charge is 0.306 e. The number of fused-ring (bicyclic) bond motifs is 2. The number of carboxylic acid groups (broad SMARTS) is 1. The molecule has 4 saturated heterocycles. The first-order valence-electron chi connectivity index (χ1n) is 32.6. The van der Waals surface area contributed by atoms with E-state index in [-0.39, 0.29) is 36.8 Å². The summed E-state index contributed by atoms with van der Waals surface area (Å²) in [5.74, 6) is 1.47. The number of imidazole rings is 2. The molecule has 0 saturated carbocycles. The molecule has 0 aliphatic carbocycles. The number of aromatic nitrogens is 10. The van der Waals surface area contributed by atoms with Crippen LogP contribution in [0.2, 0.25) is 0 Å². The van der Waals surface area contributed by atoms with Gasteiger partial charge in [-0.25, -0.2) is 48.7 Å². The number of nitrogens with one attached hydrogen (secondary N) is 1. The number of nitrogens with zero attached hydrogens (tertiary/aromatic N) is 17. The van der Waals surface area contributed by atoms with E-state index in [0.717, 1.165) is 109 Å². The first-order valence-corrected chi connectivity index (χ1v) is 33.5. The first-order chi connectivity index (χ1) is 47.7. The van der Waals surface area contributed by atoms with Crippen LogP contribution < -0.4 is 24.9 Å². The molecule has 0 spiro atoms. The molecule has 1 amide bonds. The number of morpholine rings is 2. The third-order valence-electron chi connectivity index (χ3n) is 17.2. The van der Waals surface area contributed by atoms with Crippen molar-refractivity contribution in [3.8, 4) is 56.9 Å². The number of carboxylic acids is 1. The summed E-state index contributed by atoms with van der Waals surface area (Å²) >= 11 is 2.56. The van der Waals surface area contributed by atoms with Crippen LogP contribution in [-0.4, -0.2) is 171 Å². The van der Waals surface area contributed by atoms with Crippen molar-refractivity contribution < 1.29 is 38.7 Å². The number of halogens is 3. The van der Waals surface area contributed by atoms with Crippen LogP contribution in [-0.2, 0) is 31.9 Å². The van der Waals surface area contributed by atoms with Gasteiger partial charge in [0, 0.05) is 143 Å². The van der Waals surface area contributed by atoms with E-state index in [4.69, 9.17) is 40.7 Å². The minimum atomic E-state index is -1.00. The molecule has 12 heterocycles. The van der Waals surface area contributed by atoms with Gasteiger partial charge in [0.1, 0.15) is 67.8 Å². The lowest BCUT2D eigenvalue weighted by Crippen LogP contribution is -2.47. The van der Waals surface area contributed by atoms with Gasteiger partial charge in [0.25, 0.3) is 0 Å². The van der Waals surface area contributed by atoms with Crippen LogP contribution in [0.1, 0.15) is 69.5 Å². The maximum Gasteiger partial charge on any atom is 0.306 e. The fourth-order valence-electron chi connectivity index (χ4n) is 12.0. The Morgan fingerprint density at radius 2 is 0.990 bits per heavy atom. The summed E-state index contributed by atoms with van der Waals surface area (Å²) in [5, 5.41) is 33.3. The van der Waals surface area contributed by atoms with E-state index in [1.807, 2.05) is 98.5 Å². The number of pyridine rings is 2. The molecule has 4 aliphatic heterocycles. The number of nitriles is 2. The van der Waals surface area contributed by atoms with E-state index < -0.39 is 13.1 Å². The maximum absolute atomic E-state index is 13.6. The zero-order valence-corrected chi connectivity index (χ0v) is 55.7. The lowest BCUT2D eigenvalue weighted by molar-refractivity contribution is -0.142. The zero-order chi connectivity index (χ0) is 68.8. The summed E-state index contributed by atoms with van der Waals surface area (Å²) < 4.78 is 57.0. The predicted octanol–water partition coefficient (Wildman–Crippen LogP) is 11.7. The average Bonchev–Trinajstić information content (AvgIpc) is 1.63. The Bertz CT molecular complexity index is 4430. The molecule has 0 radical (unpaired) electrons. The van der Waals surface area contributed by atoms with E-state index >= 15 is 0 Å². The van der Waals surface area contributed by atoms with Crippen LogP contribution in [0.5, 0.6) is 0 Å². The number of amides is 1. The number of aliphatic carboxylic acids is 1. The molecule has 2 aromatic carbocycles. The van der Waals surface area contributed by atoms with Gasteiger partial charge in [-0.1, -0.05) is 43.9 Å². The molecule has 10 aromatic rings. The molecular weight excluding hydrogens is 1290 g/mol. The minimum absolute atomic E-state index is 0. The molecule has 4 aliphatic rings. The van der Waals surface area contributed by atoms with Gasteiger partial charge in [0.15, 0.2) is 10.3 Å². The van der Waals surface area contributed by atoms with Crippen molar-refractivity contribution in [3.63, 3.8) is 0 Å². The van der Waals surface area contributed by atoms with E-state index in [9.17, 15) is 38.4 Å². The van der Waals surface area contributed by atoms with E-state index in [1.165, 1.54) is 46.9 Å². The summed E-state index contributed by atoms with van der Waals surface area (Å²) in [4.78, 5) is 73.0. The predicted molar refractivity (Wildman–Crippen MR) is 374 cm³/mol. The number of carbonyl (C=O) groups excluding carboxylic acids is 1. The topological polar surface area (TPSA) is 261 Å². The van der Waals surface area contributed by atoms with Crippen LogP contribution >= 0.6 is 22.7 Å². The highest BCUT2D eigenvalue weighted by atomic mass is 32.1. The van der Waals surface area contributed by atoms with Crippen LogP contribution in [0.25, 0.3) is 56.1 Å². The molecule has 28 heteroatoms. The number of hydrogen-bond acceptors (Lipinski definition) is 21. The zero-order valence-electron chi connectivity index (χ0n) is 55.1. The van der Waals surface area contributed by atoms with Gasteiger partial charge >= 0.3 is 5.97 Å². The number of aryl methyl sites for hydroxylation is 2.